The maximum Gasteiger partial charge on any atom is 0.0462 e. The lowest BCUT2D eigenvalue weighted by molar-refractivity contribution is 1.28. The largest absolute Gasteiger partial charge is 0.311 e. The van der Waals surface area contributed by atoms with E-state index in [1.54, 1.807) is 0 Å². The van der Waals surface area contributed by atoms with E-state index in [0.717, 1.165) is 67.5 Å². The molecule has 0 radical (unpaired) electrons. The molecule has 11 rings (SSSR count). The number of hydrogen-bond donors (Lipinski definition) is 0. The molecule has 0 unspecified atom stereocenters. The van der Waals surface area contributed by atoms with E-state index in [1.807, 2.05) is 24.8 Å². The SMILES string of the molecule is C(=C\c1ccc2c(-c3ccncc3)c(-c3ccncc3)c3ccc(/C=C/c4ccc(N(c5ccccc5)c5ccccc5)cc4)cc3c2c1)/c1ccc(N(c2ccccc2)c2ccccc2)cc1. The number of pyridine rings is 2. The van der Waals surface area contributed by atoms with E-state index in [1.165, 1.54) is 32.7 Å². The number of para-hydroxylation sites is 4. The summed E-state index contributed by atoms with van der Waals surface area (Å²) in [5, 5.41) is 4.73. The van der Waals surface area contributed by atoms with Crippen LogP contribution in [0.15, 0.2) is 255 Å². The van der Waals surface area contributed by atoms with Crippen LogP contribution in [0.4, 0.5) is 34.1 Å². The van der Waals surface area contributed by atoms with Crippen molar-refractivity contribution in [3.63, 3.8) is 0 Å². The fourth-order valence-corrected chi connectivity index (χ4v) is 9.18. The van der Waals surface area contributed by atoms with Crippen molar-refractivity contribution < 1.29 is 0 Å². The third-order valence-corrected chi connectivity index (χ3v) is 12.4. The molecule has 0 aliphatic carbocycles. The van der Waals surface area contributed by atoms with Gasteiger partial charge in [-0.15, -0.1) is 0 Å². The third kappa shape index (κ3) is 8.70. The van der Waals surface area contributed by atoms with Crippen molar-refractivity contribution in [1.82, 2.24) is 9.97 Å². The van der Waals surface area contributed by atoms with Crippen molar-refractivity contribution in [3.8, 4) is 22.3 Å². The van der Waals surface area contributed by atoms with Crippen molar-refractivity contribution in [2.45, 2.75) is 0 Å². The first kappa shape index (κ1) is 41.6. The van der Waals surface area contributed by atoms with Gasteiger partial charge in [0.15, 0.2) is 0 Å². The molecule has 11 aromatic rings. The number of aromatic nitrogens is 2. The van der Waals surface area contributed by atoms with E-state index in [4.69, 9.17) is 0 Å². The standard InChI is InChI=1S/C64H46N4/c1-5-13-53(14-6-1)67(54-15-7-2-8-16-54)57-31-25-47(26-32-57)21-23-49-29-35-59-61(45-49)62-46-50(30-36-60(62)64(52-39-43-66-44-40-52)63(59)51-37-41-65-42-38-51)24-22-48-27-33-58(34-28-48)68(55-17-9-3-10-18-55)56-19-11-4-12-20-56/h1-46H/b23-21+,24-22+. The van der Waals surface area contributed by atoms with Gasteiger partial charge < -0.3 is 9.80 Å². The zero-order valence-electron chi connectivity index (χ0n) is 37.3. The summed E-state index contributed by atoms with van der Waals surface area (Å²) >= 11 is 0. The number of benzene rings is 9. The van der Waals surface area contributed by atoms with Gasteiger partial charge in [-0.25, -0.2) is 0 Å². The van der Waals surface area contributed by atoms with Crippen LogP contribution in [0.3, 0.4) is 0 Å². The Labute approximate surface area is 397 Å². The van der Waals surface area contributed by atoms with Crippen molar-refractivity contribution in [3.05, 3.63) is 278 Å². The van der Waals surface area contributed by atoms with Crippen LogP contribution in [0.5, 0.6) is 0 Å². The Balaban J connectivity index is 0.973. The van der Waals surface area contributed by atoms with Crippen LogP contribution in [0, 0.1) is 0 Å². The minimum absolute atomic E-state index is 1.10. The number of anilines is 6. The first-order chi connectivity index (χ1) is 33.7. The summed E-state index contributed by atoms with van der Waals surface area (Å²) in [5.41, 5.74) is 15.8. The number of nitrogens with zero attached hydrogens (tertiary/aromatic N) is 4. The lowest BCUT2D eigenvalue weighted by atomic mass is 9.84. The first-order valence-corrected chi connectivity index (χ1v) is 22.9. The molecule has 0 spiro atoms. The maximum atomic E-state index is 4.39. The molecule has 2 aromatic heterocycles. The summed E-state index contributed by atoms with van der Waals surface area (Å²) in [6, 6.07) is 81.8. The fraction of sp³-hybridized carbons (Fsp3) is 0. The molecule has 0 N–H and O–H groups in total. The lowest BCUT2D eigenvalue weighted by Crippen LogP contribution is -2.09. The van der Waals surface area contributed by atoms with Gasteiger partial charge in [0.05, 0.1) is 0 Å². The predicted molar refractivity (Wildman–Crippen MR) is 288 cm³/mol. The van der Waals surface area contributed by atoms with Gasteiger partial charge in [-0.1, -0.05) is 146 Å². The Kier molecular flexibility index (Phi) is 11.7. The number of rotatable bonds is 12. The van der Waals surface area contributed by atoms with E-state index in [0.29, 0.717) is 0 Å². The highest BCUT2D eigenvalue weighted by atomic mass is 15.1. The predicted octanol–water partition coefficient (Wildman–Crippen LogP) is 17.4. The van der Waals surface area contributed by atoms with Gasteiger partial charge in [0.1, 0.15) is 0 Å². The molecule has 0 saturated carbocycles. The molecule has 0 atom stereocenters. The van der Waals surface area contributed by atoms with Gasteiger partial charge in [0.25, 0.3) is 0 Å². The van der Waals surface area contributed by atoms with Crippen LogP contribution in [0.2, 0.25) is 0 Å². The molecule has 2 heterocycles. The van der Waals surface area contributed by atoms with Gasteiger partial charge in [0.2, 0.25) is 0 Å². The second kappa shape index (κ2) is 19.2. The summed E-state index contributed by atoms with van der Waals surface area (Å²) in [6.45, 7) is 0. The Morgan fingerprint density at radius 3 is 0.853 bits per heavy atom. The molecule has 4 nitrogen and oxygen atoms in total. The van der Waals surface area contributed by atoms with Crippen molar-refractivity contribution in [2.24, 2.45) is 0 Å². The molecule has 0 aliphatic heterocycles. The average Bonchev–Trinajstić information content (AvgIpc) is 3.42. The van der Waals surface area contributed by atoms with Gasteiger partial charge in [0, 0.05) is 58.9 Å². The summed E-state index contributed by atoms with van der Waals surface area (Å²) in [7, 11) is 0. The Morgan fingerprint density at radius 1 is 0.250 bits per heavy atom. The van der Waals surface area contributed by atoms with Crippen LogP contribution in [-0.2, 0) is 0 Å². The molecule has 0 saturated heterocycles. The molecule has 0 amide bonds. The van der Waals surface area contributed by atoms with Crippen LogP contribution >= 0.6 is 0 Å². The van der Waals surface area contributed by atoms with Crippen LogP contribution in [0.25, 0.3) is 68.1 Å². The first-order valence-electron chi connectivity index (χ1n) is 22.9. The third-order valence-electron chi connectivity index (χ3n) is 12.4. The van der Waals surface area contributed by atoms with E-state index in [-0.39, 0.29) is 0 Å². The topological polar surface area (TPSA) is 32.3 Å². The van der Waals surface area contributed by atoms with Crippen LogP contribution in [-0.4, -0.2) is 9.97 Å². The molecule has 4 heteroatoms. The summed E-state index contributed by atoms with van der Waals surface area (Å²) < 4.78 is 0. The second-order valence-corrected chi connectivity index (χ2v) is 16.7. The van der Waals surface area contributed by atoms with E-state index < -0.39 is 0 Å². The van der Waals surface area contributed by atoms with Crippen molar-refractivity contribution >= 4 is 80.0 Å². The quantitative estimate of drug-likeness (QED) is 0.0904. The van der Waals surface area contributed by atoms with Crippen LogP contribution in [0.1, 0.15) is 22.3 Å². The van der Waals surface area contributed by atoms with E-state index in [9.17, 15) is 0 Å². The highest BCUT2D eigenvalue weighted by Crippen LogP contribution is 2.45. The highest BCUT2D eigenvalue weighted by molar-refractivity contribution is 6.22. The molecule has 0 fully saturated rings. The van der Waals surface area contributed by atoms with Gasteiger partial charge in [-0.3, -0.25) is 9.97 Å². The molecular formula is C64H46N4. The zero-order valence-corrected chi connectivity index (χ0v) is 37.3. The number of hydrogen-bond acceptors (Lipinski definition) is 4. The Bertz CT molecular complexity index is 3190. The van der Waals surface area contributed by atoms with Crippen LogP contribution < -0.4 is 9.80 Å². The van der Waals surface area contributed by atoms with Gasteiger partial charge in [-0.2, -0.15) is 0 Å². The smallest absolute Gasteiger partial charge is 0.0462 e. The second-order valence-electron chi connectivity index (χ2n) is 16.7. The van der Waals surface area contributed by atoms with Crippen molar-refractivity contribution in [2.75, 3.05) is 9.80 Å². The molecule has 322 valence electrons. The Morgan fingerprint density at radius 2 is 0.529 bits per heavy atom. The zero-order chi connectivity index (χ0) is 45.5. The lowest BCUT2D eigenvalue weighted by Gasteiger charge is -2.25. The van der Waals surface area contributed by atoms with E-state index >= 15 is 0 Å². The molecule has 0 bridgehead atoms. The summed E-state index contributed by atoms with van der Waals surface area (Å²) in [5.74, 6) is 0. The van der Waals surface area contributed by atoms with Gasteiger partial charge in [-0.05, 0) is 175 Å². The minimum atomic E-state index is 1.10. The Hall–Kier alpha value is -9.12. The number of fused-ring (bicyclic) bond motifs is 3. The highest BCUT2D eigenvalue weighted by Gasteiger charge is 2.19. The normalized spacial score (nSPS) is 11.4. The molecule has 9 aromatic carbocycles. The molecular weight excluding hydrogens is 825 g/mol. The summed E-state index contributed by atoms with van der Waals surface area (Å²) in [6.07, 6.45) is 16.4. The maximum absolute atomic E-state index is 4.39. The monoisotopic (exact) mass is 870 g/mol. The van der Waals surface area contributed by atoms with Crippen molar-refractivity contribution in [1.29, 1.82) is 0 Å². The molecule has 68 heavy (non-hydrogen) atoms. The summed E-state index contributed by atoms with van der Waals surface area (Å²) in [4.78, 5) is 13.4. The fourth-order valence-electron chi connectivity index (χ4n) is 9.18. The average molecular weight is 871 g/mol. The minimum Gasteiger partial charge on any atom is -0.311 e. The molecule has 0 aliphatic rings. The van der Waals surface area contributed by atoms with E-state index in [2.05, 4.69) is 275 Å². The van der Waals surface area contributed by atoms with Gasteiger partial charge >= 0.3 is 0 Å².